The molecular weight excluding hydrogens is 408 g/mol. The van der Waals surface area contributed by atoms with Crippen LogP contribution in [0.15, 0.2) is 83.8 Å². The van der Waals surface area contributed by atoms with Gasteiger partial charge < -0.3 is 4.90 Å². The number of rotatable bonds is 6. The maximum absolute atomic E-state index is 13.2. The van der Waals surface area contributed by atoms with Crippen LogP contribution in [0.3, 0.4) is 0 Å². The molecule has 0 unspecified atom stereocenters. The Labute approximate surface area is 176 Å². The smallest absolute Gasteiger partial charge is 0.264 e. The van der Waals surface area contributed by atoms with E-state index < -0.39 is 15.9 Å². The zero-order valence-corrected chi connectivity index (χ0v) is 17.7. The summed E-state index contributed by atoms with van der Waals surface area (Å²) < 4.78 is 27.6. The van der Waals surface area contributed by atoms with Crippen molar-refractivity contribution >= 4 is 33.2 Å². The molecule has 0 heterocycles. The lowest BCUT2D eigenvalue weighted by molar-refractivity contribution is 0.0781. The minimum atomic E-state index is -3.92. The summed E-state index contributed by atoms with van der Waals surface area (Å²) in [5.41, 5.74) is 1.41. The zero-order chi connectivity index (χ0) is 21.0. The highest BCUT2D eigenvalue weighted by Crippen LogP contribution is 2.26. The first-order chi connectivity index (χ1) is 13.8. The predicted molar refractivity (Wildman–Crippen MR) is 116 cm³/mol. The Morgan fingerprint density at radius 1 is 0.862 bits per heavy atom. The topological polar surface area (TPSA) is 57.7 Å². The van der Waals surface area contributed by atoms with Gasteiger partial charge in [0.2, 0.25) is 0 Å². The van der Waals surface area contributed by atoms with Gasteiger partial charge in [-0.05, 0) is 35.9 Å². The second kappa shape index (κ2) is 8.68. The van der Waals surface area contributed by atoms with E-state index in [4.69, 9.17) is 11.6 Å². The molecule has 0 aromatic heterocycles. The number of carbonyl (C=O) groups excluding carboxylic acids is 1. The predicted octanol–water partition coefficient (Wildman–Crippen LogP) is 4.44. The molecule has 0 radical (unpaired) electrons. The summed E-state index contributed by atoms with van der Waals surface area (Å²) >= 11 is 6.19. The first-order valence-electron chi connectivity index (χ1n) is 8.94. The lowest BCUT2D eigenvalue weighted by Crippen LogP contribution is -2.31. The van der Waals surface area contributed by atoms with Gasteiger partial charge in [0.15, 0.2) is 0 Å². The van der Waals surface area contributed by atoms with E-state index in [1.807, 2.05) is 24.3 Å². The Bertz CT molecular complexity index is 1120. The van der Waals surface area contributed by atoms with Crippen LogP contribution in [0.5, 0.6) is 0 Å². The van der Waals surface area contributed by atoms with E-state index in [9.17, 15) is 13.2 Å². The van der Waals surface area contributed by atoms with Gasteiger partial charge in [0, 0.05) is 25.7 Å². The molecule has 0 bridgehead atoms. The molecule has 0 spiro atoms. The Kier molecular flexibility index (Phi) is 6.25. The van der Waals surface area contributed by atoms with Gasteiger partial charge in [0.1, 0.15) is 4.90 Å². The molecule has 3 aromatic carbocycles. The normalized spacial score (nSPS) is 11.1. The Morgan fingerprint density at radius 3 is 2.14 bits per heavy atom. The SMILES string of the molecule is CN(Cc1ccccc1Cl)C(=O)c1ccccc1S(=O)(=O)N(C)c1ccccc1. The average Bonchev–Trinajstić information content (AvgIpc) is 2.74. The monoisotopic (exact) mass is 428 g/mol. The highest BCUT2D eigenvalue weighted by molar-refractivity contribution is 7.92. The van der Waals surface area contributed by atoms with Gasteiger partial charge in [-0.25, -0.2) is 8.42 Å². The van der Waals surface area contributed by atoms with Gasteiger partial charge in [0.05, 0.1) is 11.3 Å². The largest absolute Gasteiger partial charge is 0.337 e. The first-order valence-corrected chi connectivity index (χ1v) is 10.8. The molecule has 0 aliphatic carbocycles. The molecule has 3 aromatic rings. The maximum atomic E-state index is 13.2. The van der Waals surface area contributed by atoms with Crippen LogP contribution in [-0.4, -0.2) is 33.3 Å². The number of amides is 1. The highest BCUT2D eigenvalue weighted by Gasteiger charge is 2.28. The maximum Gasteiger partial charge on any atom is 0.264 e. The molecule has 1 amide bonds. The molecule has 0 N–H and O–H groups in total. The molecule has 0 saturated heterocycles. The van der Waals surface area contributed by atoms with Crippen molar-refractivity contribution in [1.82, 2.24) is 4.90 Å². The third-order valence-corrected chi connectivity index (χ3v) is 6.80. The number of hydrogen-bond donors (Lipinski definition) is 0. The lowest BCUT2D eigenvalue weighted by Gasteiger charge is -2.23. The standard InChI is InChI=1S/C22H21ClN2O3S/c1-24(16-17-10-6-8-14-20(17)23)22(26)19-13-7-9-15-21(19)29(27,28)25(2)18-11-4-3-5-12-18/h3-15H,16H2,1-2H3. The molecule has 0 fully saturated rings. The molecule has 150 valence electrons. The first kappa shape index (κ1) is 20.9. The second-order valence-electron chi connectivity index (χ2n) is 6.56. The number of carbonyl (C=O) groups is 1. The number of halogens is 1. The number of anilines is 1. The van der Waals surface area contributed by atoms with Crippen molar-refractivity contribution in [2.45, 2.75) is 11.4 Å². The van der Waals surface area contributed by atoms with Crippen LogP contribution in [0, 0.1) is 0 Å². The summed E-state index contributed by atoms with van der Waals surface area (Å²) in [4.78, 5) is 14.5. The van der Waals surface area contributed by atoms with Crippen LogP contribution in [0.4, 0.5) is 5.69 Å². The lowest BCUT2D eigenvalue weighted by atomic mass is 10.1. The van der Waals surface area contributed by atoms with Crippen molar-refractivity contribution in [3.05, 3.63) is 95.0 Å². The molecule has 0 atom stereocenters. The molecule has 0 aliphatic rings. The van der Waals surface area contributed by atoms with Crippen LogP contribution in [0.2, 0.25) is 5.02 Å². The third kappa shape index (κ3) is 4.44. The second-order valence-corrected chi connectivity index (χ2v) is 8.90. The quantitative estimate of drug-likeness (QED) is 0.583. The van der Waals surface area contributed by atoms with Crippen molar-refractivity contribution in [3.8, 4) is 0 Å². The number of sulfonamides is 1. The summed E-state index contributed by atoms with van der Waals surface area (Å²) in [5, 5.41) is 0.553. The Hall–Kier alpha value is -2.83. The Morgan fingerprint density at radius 2 is 1.45 bits per heavy atom. The molecule has 0 saturated carbocycles. The van der Waals surface area contributed by atoms with Crippen molar-refractivity contribution in [2.24, 2.45) is 0 Å². The fraction of sp³-hybridized carbons (Fsp3) is 0.136. The molecule has 5 nitrogen and oxygen atoms in total. The summed E-state index contributed by atoms with van der Waals surface area (Å²) in [7, 11) is -0.830. The van der Waals surface area contributed by atoms with Gasteiger partial charge in [-0.3, -0.25) is 9.10 Å². The van der Waals surface area contributed by atoms with E-state index in [1.165, 1.54) is 28.4 Å². The van der Waals surface area contributed by atoms with Crippen LogP contribution >= 0.6 is 11.6 Å². The molecule has 29 heavy (non-hydrogen) atoms. The van der Waals surface area contributed by atoms with Gasteiger partial charge in [-0.1, -0.05) is 60.1 Å². The summed E-state index contributed by atoms with van der Waals surface area (Å²) in [6, 6.07) is 22.2. The van der Waals surface area contributed by atoms with Crippen molar-refractivity contribution in [3.63, 3.8) is 0 Å². The molecule has 0 aliphatic heterocycles. The van der Waals surface area contributed by atoms with E-state index in [-0.39, 0.29) is 17.0 Å². The van der Waals surface area contributed by atoms with Gasteiger partial charge >= 0.3 is 0 Å². The summed E-state index contributed by atoms with van der Waals surface area (Å²) in [6.07, 6.45) is 0. The number of hydrogen-bond acceptors (Lipinski definition) is 3. The molecule has 3 rings (SSSR count). The van der Waals surface area contributed by atoms with E-state index in [0.29, 0.717) is 10.7 Å². The van der Waals surface area contributed by atoms with Crippen LogP contribution in [0.25, 0.3) is 0 Å². The van der Waals surface area contributed by atoms with E-state index >= 15 is 0 Å². The van der Waals surface area contributed by atoms with Gasteiger partial charge in [-0.2, -0.15) is 0 Å². The van der Waals surface area contributed by atoms with E-state index in [0.717, 1.165) is 5.56 Å². The van der Waals surface area contributed by atoms with Gasteiger partial charge in [0.25, 0.3) is 15.9 Å². The van der Waals surface area contributed by atoms with Crippen molar-refractivity contribution in [1.29, 1.82) is 0 Å². The van der Waals surface area contributed by atoms with Crippen LogP contribution in [0.1, 0.15) is 15.9 Å². The van der Waals surface area contributed by atoms with Crippen molar-refractivity contribution < 1.29 is 13.2 Å². The number of benzene rings is 3. The highest BCUT2D eigenvalue weighted by atomic mass is 35.5. The minimum absolute atomic E-state index is 0.0395. The number of para-hydroxylation sites is 1. The Balaban J connectivity index is 1.94. The third-order valence-electron chi connectivity index (χ3n) is 4.59. The van der Waals surface area contributed by atoms with E-state index in [2.05, 4.69) is 0 Å². The fourth-order valence-electron chi connectivity index (χ4n) is 2.95. The summed E-state index contributed by atoms with van der Waals surface area (Å²) in [6.45, 7) is 0.265. The molecule has 7 heteroatoms. The van der Waals surface area contributed by atoms with Crippen LogP contribution in [-0.2, 0) is 16.6 Å². The molecular formula is C22H21ClN2O3S. The van der Waals surface area contributed by atoms with Crippen molar-refractivity contribution in [2.75, 3.05) is 18.4 Å². The van der Waals surface area contributed by atoms with Gasteiger partial charge in [-0.15, -0.1) is 0 Å². The number of nitrogens with zero attached hydrogens (tertiary/aromatic N) is 2. The van der Waals surface area contributed by atoms with E-state index in [1.54, 1.807) is 49.5 Å². The summed E-state index contributed by atoms with van der Waals surface area (Å²) in [5.74, 6) is -0.398. The van der Waals surface area contributed by atoms with Crippen LogP contribution < -0.4 is 4.31 Å². The minimum Gasteiger partial charge on any atom is -0.337 e. The fourth-order valence-corrected chi connectivity index (χ4v) is 4.53. The zero-order valence-electron chi connectivity index (χ0n) is 16.1. The average molecular weight is 429 g/mol.